The van der Waals surface area contributed by atoms with Gasteiger partial charge in [-0.25, -0.2) is 0 Å². The van der Waals surface area contributed by atoms with E-state index < -0.39 is 0 Å². The summed E-state index contributed by atoms with van der Waals surface area (Å²) in [4.78, 5) is 0. The van der Waals surface area contributed by atoms with E-state index in [-0.39, 0.29) is 0 Å². The van der Waals surface area contributed by atoms with Crippen molar-refractivity contribution in [2.45, 2.75) is 25.0 Å². The monoisotopic (exact) mass is 181 g/mol. The highest BCUT2D eigenvalue weighted by atomic mass is 32.2. The zero-order valence-corrected chi connectivity index (χ0v) is 8.06. The van der Waals surface area contributed by atoms with Crippen LogP contribution in [-0.2, 0) is 0 Å². The van der Waals surface area contributed by atoms with Gasteiger partial charge in [0, 0.05) is 11.7 Å². The number of furan rings is 1. The molecule has 1 fully saturated rings. The van der Waals surface area contributed by atoms with Crippen LogP contribution in [0.2, 0.25) is 0 Å². The van der Waals surface area contributed by atoms with Crippen LogP contribution in [0.3, 0.4) is 0 Å². The van der Waals surface area contributed by atoms with Crippen molar-refractivity contribution >= 4 is 11.8 Å². The fourth-order valence-corrected chi connectivity index (χ4v) is 2.66. The van der Waals surface area contributed by atoms with Crippen LogP contribution >= 0.6 is 11.8 Å². The summed E-state index contributed by atoms with van der Waals surface area (Å²) in [6.45, 7) is 1.99. The Kier molecular flexibility index (Phi) is 2.45. The third-order valence-electron chi connectivity index (χ3n) is 2.08. The Morgan fingerprint density at radius 3 is 3.08 bits per heavy atom. The lowest BCUT2D eigenvalue weighted by atomic mass is 10.2. The lowest BCUT2D eigenvalue weighted by Gasteiger charge is -2.03. The van der Waals surface area contributed by atoms with Gasteiger partial charge in [-0.3, -0.25) is 0 Å². The Labute approximate surface area is 77.5 Å². The molecule has 1 aromatic heterocycles. The summed E-state index contributed by atoms with van der Waals surface area (Å²) in [5, 5.41) is 0.690. The minimum Gasteiger partial charge on any atom is -0.466 e. The second-order valence-electron chi connectivity index (χ2n) is 3.17. The fourth-order valence-electron chi connectivity index (χ4n) is 1.46. The molecular weight excluding hydrogens is 168 g/mol. The molecule has 0 aromatic carbocycles. The summed E-state index contributed by atoms with van der Waals surface area (Å²) in [6, 6.07) is 4.07. The lowest BCUT2D eigenvalue weighted by Crippen LogP contribution is -1.96. The Morgan fingerprint density at radius 1 is 1.58 bits per heavy atom. The SMILES string of the molecule is Cc1ccc([CH]C2CCCS2)o1. The second kappa shape index (κ2) is 3.56. The number of rotatable bonds is 2. The van der Waals surface area contributed by atoms with E-state index in [1.807, 2.05) is 30.8 Å². The Hall–Kier alpha value is -0.370. The van der Waals surface area contributed by atoms with Gasteiger partial charge in [0.2, 0.25) is 0 Å². The summed E-state index contributed by atoms with van der Waals surface area (Å²) in [5.74, 6) is 3.34. The molecule has 2 heteroatoms. The third-order valence-corrected chi connectivity index (χ3v) is 3.40. The maximum Gasteiger partial charge on any atom is 0.109 e. The van der Waals surface area contributed by atoms with Gasteiger partial charge in [0.05, 0.1) is 0 Å². The zero-order chi connectivity index (χ0) is 8.39. The van der Waals surface area contributed by atoms with Crippen molar-refractivity contribution in [2.24, 2.45) is 0 Å². The van der Waals surface area contributed by atoms with E-state index in [1.165, 1.54) is 18.6 Å². The van der Waals surface area contributed by atoms with Crippen LogP contribution in [0.4, 0.5) is 0 Å². The van der Waals surface area contributed by atoms with E-state index in [4.69, 9.17) is 4.42 Å². The van der Waals surface area contributed by atoms with E-state index in [1.54, 1.807) is 0 Å². The van der Waals surface area contributed by atoms with Crippen molar-refractivity contribution < 1.29 is 4.42 Å². The summed E-state index contributed by atoms with van der Waals surface area (Å²) in [6.07, 6.45) is 4.90. The molecule has 2 rings (SSSR count). The van der Waals surface area contributed by atoms with Crippen molar-refractivity contribution in [3.05, 3.63) is 30.1 Å². The lowest BCUT2D eigenvalue weighted by molar-refractivity contribution is 0.506. The van der Waals surface area contributed by atoms with Gasteiger partial charge < -0.3 is 4.42 Å². The minimum atomic E-state index is 0.690. The normalized spacial score (nSPS) is 23.2. The third kappa shape index (κ3) is 1.86. The molecule has 65 valence electrons. The van der Waals surface area contributed by atoms with Gasteiger partial charge in [-0.2, -0.15) is 11.8 Å². The fraction of sp³-hybridized carbons (Fsp3) is 0.500. The molecule has 0 N–H and O–H groups in total. The molecule has 0 spiro atoms. The second-order valence-corrected chi connectivity index (χ2v) is 4.51. The molecule has 1 nitrogen and oxygen atoms in total. The van der Waals surface area contributed by atoms with Crippen LogP contribution in [0.1, 0.15) is 24.4 Å². The molecule has 2 heterocycles. The summed E-state index contributed by atoms with van der Waals surface area (Å²) < 4.78 is 5.48. The molecule has 1 aliphatic heterocycles. The molecule has 0 amide bonds. The van der Waals surface area contributed by atoms with Gasteiger partial charge in [-0.1, -0.05) is 0 Å². The zero-order valence-electron chi connectivity index (χ0n) is 7.25. The molecule has 0 saturated carbocycles. The number of thioether (sulfide) groups is 1. The molecule has 0 aliphatic carbocycles. The smallest absolute Gasteiger partial charge is 0.109 e. The van der Waals surface area contributed by atoms with E-state index in [0.29, 0.717) is 5.25 Å². The Morgan fingerprint density at radius 2 is 2.50 bits per heavy atom. The molecule has 12 heavy (non-hydrogen) atoms. The van der Waals surface area contributed by atoms with Gasteiger partial charge in [0.25, 0.3) is 0 Å². The first-order chi connectivity index (χ1) is 5.84. The van der Waals surface area contributed by atoms with Crippen LogP contribution < -0.4 is 0 Å². The van der Waals surface area contributed by atoms with Crippen molar-refractivity contribution in [3.8, 4) is 0 Å². The molecule has 1 atom stereocenters. The average molecular weight is 181 g/mol. The number of hydrogen-bond acceptors (Lipinski definition) is 2. The van der Waals surface area contributed by atoms with Gasteiger partial charge in [0.15, 0.2) is 0 Å². The predicted molar refractivity (Wildman–Crippen MR) is 52.3 cm³/mol. The highest BCUT2D eigenvalue weighted by Gasteiger charge is 2.17. The Bertz CT molecular complexity index is 248. The van der Waals surface area contributed by atoms with Crippen LogP contribution in [0.5, 0.6) is 0 Å². The molecular formula is C10H13OS. The van der Waals surface area contributed by atoms with Crippen molar-refractivity contribution in [1.82, 2.24) is 0 Å². The largest absolute Gasteiger partial charge is 0.466 e. The topological polar surface area (TPSA) is 13.1 Å². The van der Waals surface area contributed by atoms with Crippen molar-refractivity contribution in [3.63, 3.8) is 0 Å². The predicted octanol–water partition coefficient (Wildman–Crippen LogP) is 3.04. The number of hydrogen-bond donors (Lipinski definition) is 0. The molecule has 1 aromatic rings. The minimum absolute atomic E-state index is 0.690. The van der Waals surface area contributed by atoms with Crippen LogP contribution in [-0.4, -0.2) is 11.0 Å². The summed E-state index contributed by atoms with van der Waals surface area (Å²) in [7, 11) is 0. The first-order valence-electron chi connectivity index (χ1n) is 4.37. The van der Waals surface area contributed by atoms with E-state index in [0.717, 1.165) is 11.5 Å². The molecule has 1 saturated heterocycles. The van der Waals surface area contributed by atoms with Crippen LogP contribution in [0, 0.1) is 13.3 Å². The van der Waals surface area contributed by atoms with Crippen molar-refractivity contribution in [1.29, 1.82) is 0 Å². The Balaban J connectivity index is 1.94. The first-order valence-corrected chi connectivity index (χ1v) is 5.42. The van der Waals surface area contributed by atoms with E-state index in [9.17, 15) is 0 Å². The molecule has 1 unspecified atom stereocenters. The number of aryl methyl sites for hydroxylation is 1. The molecule has 1 radical (unpaired) electrons. The van der Waals surface area contributed by atoms with Gasteiger partial charge in [0.1, 0.15) is 11.5 Å². The van der Waals surface area contributed by atoms with Gasteiger partial charge in [-0.15, -0.1) is 0 Å². The van der Waals surface area contributed by atoms with E-state index >= 15 is 0 Å². The van der Waals surface area contributed by atoms with Crippen LogP contribution in [0.15, 0.2) is 16.5 Å². The maximum absolute atomic E-state index is 5.48. The summed E-state index contributed by atoms with van der Waals surface area (Å²) in [5.41, 5.74) is 0. The summed E-state index contributed by atoms with van der Waals surface area (Å²) >= 11 is 2.03. The quantitative estimate of drug-likeness (QED) is 0.695. The first kappa shape index (κ1) is 8.24. The van der Waals surface area contributed by atoms with Gasteiger partial charge >= 0.3 is 0 Å². The average Bonchev–Trinajstić information content (AvgIpc) is 2.63. The molecule has 0 bridgehead atoms. The van der Waals surface area contributed by atoms with E-state index in [2.05, 4.69) is 6.42 Å². The van der Waals surface area contributed by atoms with Gasteiger partial charge in [-0.05, 0) is 37.7 Å². The highest BCUT2D eigenvalue weighted by Crippen LogP contribution is 2.30. The van der Waals surface area contributed by atoms with Crippen LogP contribution in [0.25, 0.3) is 0 Å². The highest BCUT2D eigenvalue weighted by molar-refractivity contribution is 8.00. The molecule has 1 aliphatic rings. The standard InChI is InChI=1S/C10H13OS/c1-8-4-5-9(11-8)7-10-3-2-6-12-10/h4-5,7,10H,2-3,6H2,1H3. The maximum atomic E-state index is 5.48. The van der Waals surface area contributed by atoms with Crippen molar-refractivity contribution in [2.75, 3.05) is 5.75 Å².